The fourth-order valence-corrected chi connectivity index (χ4v) is 5.09. The third-order valence-electron chi connectivity index (χ3n) is 6.13. The van der Waals surface area contributed by atoms with Crippen LogP contribution in [0.3, 0.4) is 0 Å². The standard InChI is InChI=1S/C27H26N8S/c1-4-23-32-24-16(2)13-17(3)31-26(24)35(23)15-18-5-7-19(8-6-18)22-14-20(27-30-11-12-36-27)9-10-21(22)25(28)33-34-29/h5-14H,4,15H2,1-3H3,(H3,28,29,33). The number of thiazole rings is 1. The minimum atomic E-state index is 0.0107. The van der Waals surface area contributed by atoms with Gasteiger partial charge in [0.25, 0.3) is 0 Å². The molecule has 0 saturated heterocycles. The van der Waals surface area contributed by atoms with Gasteiger partial charge in [-0.05, 0) is 54.3 Å². The quantitative estimate of drug-likeness (QED) is 0.0974. The Kier molecular flexibility index (Phi) is 6.39. The Balaban J connectivity index is 1.53. The van der Waals surface area contributed by atoms with Crippen molar-refractivity contribution in [2.45, 2.75) is 33.7 Å². The predicted molar refractivity (Wildman–Crippen MR) is 144 cm³/mol. The SMILES string of the molecule is CCc1nc2c(C)cc(C)nc2n1Cc1ccc(-c2cc(-c3nccs3)ccc2C(=N)N=NN)cc1. The Morgan fingerprint density at radius 2 is 1.83 bits per heavy atom. The van der Waals surface area contributed by atoms with Gasteiger partial charge in [0.2, 0.25) is 0 Å². The molecule has 36 heavy (non-hydrogen) atoms. The molecule has 0 aliphatic carbocycles. The monoisotopic (exact) mass is 494 g/mol. The summed E-state index contributed by atoms with van der Waals surface area (Å²) in [5.74, 6) is 6.26. The Morgan fingerprint density at radius 1 is 1.06 bits per heavy atom. The fraction of sp³-hybridized carbons (Fsp3) is 0.185. The van der Waals surface area contributed by atoms with E-state index in [1.54, 1.807) is 17.5 Å². The topological polar surface area (TPSA) is 118 Å². The van der Waals surface area contributed by atoms with Gasteiger partial charge in [-0.3, -0.25) is 5.41 Å². The van der Waals surface area contributed by atoms with Crippen LogP contribution < -0.4 is 5.84 Å². The number of rotatable bonds is 6. The minimum absolute atomic E-state index is 0.0107. The molecule has 0 amide bonds. The van der Waals surface area contributed by atoms with Crippen molar-refractivity contribution in [1.29, 1.82) is 5.41 Å². The highest BCUT2D eigenvalue weighted by Gasteiger charge is 2.15. The van der Waals surface area contributed by atoms with Crippen molar-refractivity contribution in [3.05, 3.63) is 88.3 Å². The number of benzene rings is 2. The van der Waals surface area contributed by atoms with Crippen LogP contribution in [-0.4, -0.2) is 25.4 Å². The van der Waals surface area contributed by atoms with Crippen molar-refractivity contribution in [3.8, 4) is 21.7 Å². The van der Waals surface area contributed by atoms with Crippen molar-refractivity contribution in [2.75, 3.05) is 0 Å². The Hall–Kier alpha value is -4.24. The zero-order valence-corrected chi connectivity index (χ0v) is 21.2. The van der Waals surface area contributed by atoms with E-state index in [1.807, 2.05) is 30.5 Å². The summed E-state index contributed by atoms with van der Waals surface area (Å²) >= 11 is 1.57. The van der Waals surface area contributed by atoms with Gasteiger partial charge >= 0.3 is 0 Å². The molecule has 0 unspecified atom stereocenters. The molecule has 180 valence electrons. The number of nitrogens with one attached hydrogen (secondary N) is 1. The number of aromatic nitrogens is 4. The molecule has 0 radical (unpaired) electrons. The number of imidazole rings is 1. The maximum atomic E-state index is 8.32. The van der Waals surface area contributed by atoms with E-state index in [4.69, 9.17) is 21.2 Å². The lowest BCUT2D eigenvalue weighted by atomic mass is 9.96. The number of hydrogen-bond donors (Lipinski definition) is 2. The van der Waals surface area contributed by atoms with E-state index in [1.165, 1.54) is 0 Å². The van der Waals surface area contributed by atoms with Crippen LogP contribution >= 0.6 is 11.3 Å². The van der Waals surface area contributed by atoms with E-state index in [0.717, 1.165) is 61.9 Å². The molecule has 8 nitrogen and oxygen atoms in total. The van der Waals surface area contributed by atoms with Gasteiger partial charge in [-0.1, -0.05) is 42.5 Å². The van der Waals surface area contributed by atoms with Crippen LogP contribution in [0.1, 0.15) is 35.1 Å². The van der Waals surface area contributed by atoms with E-state index >= 15 is 0 Å². The summed E-state index contributed by atoms with van der Waals surface area (Å²) in [5.41, 5.74) is 8.65. The molecule has 0 atom stereocenters. The molecule has 5 rings (SSSR count). The molecule has 0 spiro atoms. The first kappa shape index (κ1) is 23.5. The zero-order valence-electron chi connectivity index (χ0n) is 20.4. The fourth-order valence-electron chi connectivity index (χ4n) is 4.46. The molecule has 0 aliphatic rings. The van der Waals surface area contributed by atoms with Crippen molar-refractivity contribution >= 4 is 28.3 Å². The van der Waals surface area contributed by atoms with Gasteiger partial charge in [-0.25, -0.2) is 15.0 Å². The second-order valence-corrected chi connectivity index (χ2v) is 9.47. The van der Waals surface area contributed by atoms with E-state index in [-0.39, 0.29) is 5.84 Å². The Morgan fingerprint density at radius 3 is 2.53 bits per heavy atom. The van der Waals surface area contributed by atoms with Crippen LogP contribution in [0, 0.1) is 19.3 Å². The molecular formula is C27H26N8S. The molecule has 3 heterocycles. The second kappa shape index (κ2) is 9.79. The molecule has 0 bridgehead atoms. The maximum Gasteiger partial charge on any atom is 0.176 e. The van der Waals surface area contributed by atoms with Crippen LogP contribution in [0.4, 0.5) is 0 Å². The lowest BCUT2D eigenvalue weighted by Crippen LogP contribution is -2.06. The van der Waals surface area contributed by atoms with E-state index < -0.39 is 0 Å². The Bertz CT molecular complexity index is 1580. The van der Waals surface area contributed by atoms with Crippen LogP contribution in [0.5, 0.6) is 0 Å². The number of pyridine rings is 1. The number of hydrogen-bond acceptors (Lipinski definition) is 6. The lowest BCUT2D eigenvalue weighted by molar-refractivity contribution is 0.745. The smallest absolute Gasteiger partial charge is 0.176 e. The van der Waals surface area contributed by atoms with Crippen LogP contribution in [0.25, 0.3) is 32.9 Å². The van der Waals surface area contributed by atoms with E-state index in [9.17, 15) is 0 Å². The molecular weight excluding hydrogens is 468 g/mol. The number of nitrogens with two attached hydrogens (primary N) is 1. The van der Waals surface area contributed by atoms with Gasteiger partial charge in [0.05, 0.1) is 6.54 Å². The van der Waals surface area contributed by atoms with Crippen molar-refractivity contribution in [1.82, 2.24) is 19.5 Å². The number of nitrogens with zero attached hydrogens (tertiary/aromatic N) is 6. The highest BCUT2D eigenvalue weighted by atomic mass is 32.1. The highest BCUT2D eigenvalue weighted by Crippen LogP contribution is 2.32. The van der Waals surface area contributed by atoms with E-state index in [2.05, 4.69) is 64.1 Å². The van der Waals surface area contributed by atoms with Crippen LogP contribution in [0.2, 0.25) is 0 Å². The van der Waals surface area contributed by atoms with Crippen molar-refractivity contribution in [3.63, 3.8) is 0 Å². The summed E-state index contributed by atoms with van der Waals surface area (Å²) in [6.07, 6.45) is 2.62. The zero-order chi connectivity index (χ0) is 25.2. The minimum Gasteiger partial charge on any atom is -0.308 e. The van der Waals surface area contributed by atoms with Gasteiger partial charge < -0.3 is 10.4 Å². The van der Waals surface area contributed by atoms with Gasteiger partial charge in [0.1, 0.15) is 16.3 Å². The van der Waals surface area contributed by atoms with Crippen molar-refractivity contribution in [2.24, 2.45) is 16.2 Å². The number of amidine groups is 1. The van der Waals surface area contributed by atoms with Crippen molar-refractivity contribution < 1.29 is 0 Å². The third-order valence-corrected chi connectivity index (χ3v) is 6.96. The van der Waals surface area contributed by atoms with E-state index in [0.29, 0.717) is 12.1 Å². The summed E-state index contributed by atoms with van der Waals surface area (Å²) in [5, 5.41) is 18.3. The first-order chi connectivity index (χ1) is 17.5. The van der Waals surface area contributed by atoms with Crippen LogP contribution in [0.15, 0.2) is 70.4 Å². The molecule has 0 fully saturated rings. The average Bonchev–Trinajstić information content (AvgIpc) is 3.53. The molecule has 5 aromatic rings. The molecule has 9 heteroatoms. The third kappa shape index (κ3) is 4.40. The normalized spacial score (nSPS) is 11.5. The summed E-state index contributed by atoms with van der Waals surface area (Å²) in [6.45, 7) is 6.90. The summed E-state index contributed by atoms with van der Waals surface area (Å²) in [7, 11) is 0. The number of fused-ring (bicyclic) bond motifs is 1. The molecule has 0 aliphatic heterocycles. The Labute approximate surface area is 213 Å². The van der Waals surface area contributed by atoms with Gasteiger partial charge in [-0.15, -0.1) is 16.5 Å². The van der Waals surface area contributed by atoms with Gasteiger partial charge in [-0.2, -0.15) is 0 Å². The number of aryl methyl sites for hydroxylation is 3. The average molecular weight is 495 g/mol. The summed E-state index contributed by atoms with van der Waals surface area (Å²) in [6, 6.07) is 16.3. The first-order valence-electron chi connectivity index (χ1n) is 11.6. The molecule has 3 N–H and O–H groups in total. The highest BCUT2D eigenvalue weighted by molar-refractivity contribution is 7.13. The largest absolute Gasteiger partial charge is 0.308 e. The molecule has 0 saturated carbocycles. The predicted octanol–water partition coefficient (Wildman–Crippen LogP) is 6.10. The van der Waals surface area contributed by atoms with Crippen LogP contribution in [-0.2, 0) is 13.0 Å². The summed E-state index contributed by atoms with van der Waals surface area (Å²) < 4.78 is 2.20. The second-order valence-electron chi connectivity index (χ2n) is 8.58. The lowest BCUT2D eigenvalue weighted by Gasteiger charge is -2.12. The summed E-state index contributed by atoms with van der Waals surface area (Å²) in [4.78, 5) is 14.1. The first-order valence-corrected chi connectivity index (χ1v) is 12.5. The maximum absolute atomic E-state index is 8.32. The molecule has 2 aromatic carbocycles. The van der Waals surface area contributed by atoms with Gasteiger partial charge in [0, 0.05) is 34.8 Å². The molecule has 3 aromatic heterocycles. The van der Waals surface area contributed by atoms with Gasteiger partial charge in [0.15, 0.2) is 11.5 Å².